The van der Waals surface area contributed by atoms with Crippen molar-refractivity contribution in [2.45, 2.75) is 0 Å². The van der Waals surface area contributed by atoms with Gasteiger partial charge < -0.3 is 4.57 Å². The number of barbiturate groups is 1. The van der Waals surface area contributed by atoms with Crippen molar-refractivity contribution in [3.8, 4) is 5.69 Å². The second-order valence-electron chi connectivity index (χ2n) is 7.48. The number of nitrogens with zero attached hydrogens (tertiary/aromatic N) is 3. The molecule has 1 aliphatic rings. The Morgan fingerprint density at radius 2 is 1.00 bits per heavy atom. The molecule has 0 radical (unpaired) electrons. The van der Waals surface area contributed by atoms with Crippen LogP contribution in [0.2, 0.25) is 0 Å². The summed E-state index contributed by atoms with van der Waals surface area (Å²) in [5.41, 5.74) is 2.33. The summed E-state index contributed by atoms with van der Waals surface area (Å²) >= 11 is 0. The number of hydrogen-bond acceptors (Lipinski definition) is 3. The zero-order valence-corrected chi connectivity index (χ0v) is 17.5. The summed E-state index contributed by atoms with van der Waals surface area (Å²) < 4.78 is 1.90. The highest BCUT2D eigenvalue weighted by Crippen LogP contribution is 2.29. The molecule has 0 saturated carbocycles. The lowest BCUT2D eigenvalue weighted by Crippen LogP contribution is -2.57. The second-order valence-corrected chi connectivity index (χ2v) is 7.48. The molecule has 160 valence electrons. The molecule has 1 saturated heterocycles. The second kappa shape index (κ2) is 8.43. The molecular weight excluding hydrogens is 414 g/mol. The topological polar surface area (TPSA) is 62.6 Å². The van der Waals surface area contributed by atoms with Crippen LogP contribution in [-0.4, -0.2) is 22.4 Å². The molecule has 0 N–H and O–H groups in total. The van der Waals surface area contributed by atoms with Crippen LogP contribution in [0.25, 0.3) is 11.8 Å². The molecule has 6 heteroatoms. The number of hydrogen-bond donors (Lipinski definition) is 0. The Balaban J connectivity index is 1.60. The van der Waals surface area contributed by atoms with Crippen molar-refractivity contribution in [1.82, 2.24) is 4.57 Å². The van der Waals surface area contributed by atoms with Gasteiger partial charge in [-0.15, -0.1) is 0 Å². The molecule has 1 aliphatic heterocycles. The molecule has 3 aromatic carbocycles. The van der Waals surface area contributed by atoms with Crippen molar-refractivity contribution in [3.05, 3.63) is 121 Å². The number of para-hydroxylation sites is 3. The maximum Gasteiger partial charge on any atom is 0.343 e. The standard InChI is InChI=1S/C27H19N3O3/c31-25-24(18-20-16-17-28(19-20)21-10-4-1-5-11-21)26(32)30(23-14-8-3-9-15-23)27(33)29(25)22-12-6-2-7-13-22/h1-19H. The molecule has 2 heterocycles. The summed E-state index contributed by atoms with van der Waals surface area (Å²) in [5, 5.41) is 0. The van der Waals surface area contributed by atoms with Gasteiger partial charge in [-0.1, -0.05) is 54.6 Å². The number of urea groups is 1. The fourth-order valence-corrected chi connectivity index (χ4v) is 3.76. The monoisotopic (exact) mass is 433 g/mol. The number of aromatic nitrogens is 1. The number of carbonyl (C=O) groups is 3. The van der Waals surface area contributed by atoms with E-state index in [2.05, 4.69) is 0 Å². The Morgan fingerprint density at radius 3 is 1.48 bits per heavy atom. The molecule has 1 fully saturated rings. The smallest absolute Gasteiger partial charge is 0.323 e. The van der Waals surface area contributed by atoms with E-state index in [-0.39, 0.29) is 5.57 Å². The molecule has 0 atom stereocenters. The summed E-state index contributed by atoms with van der Waals surface area (Å²) in [6.07, 6.45) is 5.22. The first-order chi connectivity index (χ1) is 16.1. The average Bonchev–Trinajstić information content (AvgIpc) is 3.33. The van der Waals surface area contributed by atoms with Gasteiger partial charge in [-0.2, -0.15) is 0 Å². The molecule has 1 aromatic heterocycles. The maximum atomic E-state index is 13.4. The molecule has 4 amide bonds. The van der Waals surface area contributed by atoms with Gasteiger partial charge in [0.1, 0.15) is 5.57 Å². The van der Waals surface area contributed by atoms with Crippen LogP contribution in [0.5, 0.6) is 0 Å². The summed E-state index contributed by atoms with van der Waals surface area (Å²) in [5.74, 6) is -1.31. The predicted octanol–water partition coefficient (Wildman–Crippen LogP) is 5.06. The Bertz CT molecular complexity index is 1300. The van der Waals surface area contributed by atoms with E-state index in [1.807, 2.05) is 53.4 Å². The van der Waals surface area contributed by atoms with E-state index in [0.717, 1.165) is 15.5 Å². The van der Waals surface area contributed by atoms with E-state index < -0.39 is 17.8 Å². The molecule has 0 bridgehead atoms. The van der Waals surface area contributed by atoms with Crippen molar-refractivity contribution < 1.29 is 14.4 Å². The fraction of sp³-hybridized carbons (Fsp3) is 0. The van der Waals surface area contributed by atoms with Gasteiger partial charge in [-0.3, -0.25) is 9.59 Å². The number of amides is 4. The summed E-state index contributed by atoms with van der Waals surface area (Å²) in [4.78, 5) is 42.2. The van der Waals surface area contributed by atoms with Crippen molar-refractivity contribution in [2.24, 2.45) is 0 Å². The average molecular weight is 433 g/mol. The largest absolute Gasteiger partial charge is 0.343 e. The Hall–Kier alpha value is -4.71. The lowest BCUT2D eigenvalue weighted by molar-refractivity contribution is -0.121. The van der Waals surface area contributed by atoms with Gasteiger partial charge in [0.25, 0.3) is 11.8 Å². The number of imide groups is 2. The van der Waals surface area contributed by atoms with E-state index in [1.165, 1.54) is 6.08 Å². The van der Waals surface area contributed by atoms with Crippen LogP contribution in [0.15, 0.2) is 115 Å². The highest BCUT2D eigenvalue weighted by atomic mass is 16.2. The van der Waals surface area contributed by atoms with Crippen LogP contribution >= 0.6 is 0 Å². The molecular formula is C27H19N3O3. The third-order valence-electron chi connectivity index (χ3n) is 5.36. The first-order valence-corrected chi connectivity index (χ1v) is 10.4. The number of benzene rings is 3. The van der Waals surface area contributed by atoms with E-state index in [0.29, 0.717) is 16.9 Å². The van der Waals surface area contributed by atoms with Crippen molar-refractivity contribution in [3.63, 3.8) is 0 Å². The number of anilines is 2. The maximum absolute atomic E-state index is 13.4. The third kappa shape index (κ3) is 3.74. The van der Waals surface area contributed by atoms with Crippen molar-refractivity contribution in [2.75, 3.05) is 9.80 Å². The van der Waals surface area contributed by atoms with Crippen LogP contribution in [0, 0.1) is 0 Å². The third-order valence-corrected chi connectivity index (χ3v) is 5.36. The minimum absolute atomic E-state index is 0.0897. The van der Waals surface area contributed by atoms with Gasteiger partial charge in [0.15, 0.2) is 0 Å². The normalized spacial score (nSPS) is 14.1. The first kappa shape index (κ1) is 20.2. The molecule has 0 aliphatic carbocycles. The molecule has 33 heavy (non-hydrogen) atoms. The van der Waals surface area contributed by atoms with Crippen molar-refractivity contribution >= 4 is 35.3 Å². The molecule has 0 spiro atoms. The summed E-state index contributed by atoms with van der Waals surface area (Å²) in [6, 6.07) is 28.0. The Labute approximate surface area is 190 Å². The highest BCUT2D eigenvalue weighted by Gasteiger charge is 2.43. The quantitative estimate of drug-likeness (QED) is 0.334. The molecule has 0 unspecified atom stereocenters. The van der Waals surface area contributed by atoms with E-state index in [4.69, 9.17) is 0 Å². The van der Waals surface area contributed by atoms with Crippen molar-refractivity contribution in [1.29, 1.82) is 0 Å². The predicted molar refractivity (Wildman–Crippen MR) is 127 cm³/mol. The minimum Gasteiger partial charge on any atom is -0.323 e. The van der Waals surface area contributed by atoms with Crippen LogP contribution < -0.4 is 9.80 Å². The number of rotatable bonds is 4. The van der Waals surface area contributed by atoms with Crippen LogP contribution in [0.3, 0.4) is 0 Å². The van der Waals surface area contributed by atoms with E-state index in [9.17, 15) is 14.4 Å². The van der Waals surface area contributed by atoms with Crippen LogP contribution in [0.1, 0.15) is 5.56 Å². The Morgan fingerprint density at radius 1 is 0.545 bits per heavy atom. The van der Waals surface area contributed by atoms with Crippen LogP contribution in [-0.2, 0) is 9.59 Å². The zero-order chi connectivity index (χ0) is 22.8. The van der Waals surface area contributed by atoms with Gasteiger partial charge >= 0.3 is 6.03 Å². The number of carbonyl (C=O) groups excluding carboxylic acids is 3. The van der Waals surface area contributed by atoms with E-state index in [1.54, 1.807) is 60.7 Å². The molecule has 5 rings (SSSR count). The van der Waals surface area contributed by atoms with Gasteiger partial charge in [0.05, 0.1) is 11.4 Å². The van der Waals surface area contributed by atoms with Gasteiger partial charge in [-0.25, -0.2) is 14.6 Å². The first-order valence-electron chi connectivity index (χ1n) is 10.4. The van der Waals surface area contributed by atoms with E-state index >= 15 is 0 Å². The summed E-state index contributed by atoms with van der Waals surface area (Å²) in [6.45, 7) is 0. The van der Waals surface area contributed by atoms with Crippen LogP contribution in [0.4, 0.5) is 16.2 Å². The lowest BCUT2D eigenvalue weighted by atomic mass is 10.1. The SMILES string of the molecule is O=C1C(=Cc2ccn(-c3ccccc3)c2)C(=O)N(c2ccccc2)C(=O)N1c1ccccc1. The molecule has 4 aromatic rings. The highest BCUT2D eigenvalue weighted by molar-refractivity contribution is 6.46. The lowest BCUT2D eigenvalue weighted by Gasteiger charge is -2.33. The zero-order valence-electron chi connectivity index (χ0n) is 17.5. The molecule has 6 nitrogen and oxygen atoms in total. The van der Waals surface area contributed by atoms with Gasteiger partial charge in [0, 0.05) is 18.1 Å². The minimum atomic E-state index is -0.707. The van der Waals surface area contributed by atoms with Gasteiger partial charge in [-0.05, 0) is 54.1 Å². The summed E-state index contributed by atoms with van der Waals surface area (Å²) in [7, 11) is 0. The van der Waals surface area contributed by atoms with Gasteiger partial charge in [0.2, 0.25) is 0 Å². The fourth-order valence-electron chi connectivity index (χ4n) is 3.76. The Kier molecular flexibility index (Phi) is 5.16.